The van der Waals surface area contributed by atoms with Gasteiger partial charge in [-0.15, -0.1) is 7.97 Å². The lowest BCUT2D eigenvalue weighted by Crippen LogP contribution is -2.28. The summed E-state index contributed by atoms with van der Waals surface area (Å²) in [5.74, 6) is -0.951. The standard InChI is InChI=1S/C16H11F4N3O.C6H12.C5H3F4N3OS/c1-8-7-23(2)15(24)11-4-13(17)12(3-10(8)11)14-21-5-9(6-22-14)16(18,19)20;1-2-4-6-5-3-1;6-5(7,8)3-2(10)1-11-12(14-9)4(3)13/h3-7H,1-2H3;1-6H2;1H,10H2. The fraction of sp³-hybridized carbons (Fsp3) is 0.370. The normalized spacial score (nSPS) is 13.5. The van der Waals surface area contributed by atoms with E-state index in [1.54, 1.807) is 20.2 Å². The predicted octanol–water partition coefficient (Wildman–Crippen LogP) is 7.03. The van der Waals surface area contributed by atoms with Crippen molar-refractivity contribution in [1.29, 1.82) is 0 Å². The zero-order chi connectivity index (χ0) is 32.8. The molecule has 44 heavy (non-hydrogen) atoms. The highest BCUT2D eigenvalue weighted by atomic mass is 32.2. The van der Waals surface area contributed by atoms with Gasteiger partial charge in [0, 0.05) is 25.6 Å². The fourth-order valence-electron chi connectivity index (χ4n) is 4.32. The van der Waals surface area contributed by atoms with Crippen LogP contribution in [0.15, 0.2) is 46.5 Å². The molecule has 3 heterocycles. The quantitative estimate of drug-likeness (QED) is 0.232. The number of rotatable bonds is 2. The summed E-state index contributed by atoms with van der Waals surface area (Å²) < 4.78 is 102. The average Bonchev–Trinajstić information content (AvgIpc) is 2.96. The minimum Gasteiger partial charge on any atom is -0.397 e. The van der Waals surface area contributed by atoms with Crippen LogP contribution in [0.5, 0.6) is 0 Å². The topological polar surface area (TPSA) is 109 Å². The number of nitrogens with two attached hydrogens (primary N) is 1. The molecule has 17 heteroatoms. The van der Waals surface area contributed by atoms with Gasteiger partial charge in [-0.1, -0.05) is 38.5 Å². The summed E-state index contributed by atoms with van der Waals surface area (Å²) in [5, 5.41) is 3.72. The lowest BCUT2D eigenvalue weighted by atomic mass is 10.0. The SMILES string of the molecule is C1CCCCC1.Cc1cn(C)c(=O)c2cc(F)c(-c3ncc(C(F)(F)F)cn3)cc12.Nc1cnn(SF)c(=O)c1C(F)(F)F. The molecule has 0 amide bonds. The van der Waals surface area contributed by atoms with Gasteiger partial charge in [0.05, 0.1) is 28.4 Å². The van der Waals surface area contributed by atoms with Gasteiger partial charge in [-0.3, -0.25) is 9.59 Å². The van der Waals surface area contributed by atoms with Crippen molar-refractivity contribution in [2.45, 2.75) is 57.8 Å². The van der Waals surface area contributed by atoms with Crippen molar-refractivity contribution in [2.24, 2.45) is 7.05 Å². The first kappa shape index (κ1) is 34.5. The van der Waals surface area contributed by atoms with Crippen molar-refractivity contribution in [1.82, 2.24) is 23.7 Å². The molecule has 0 atom stereocenters. The number of alkyl halides is 6. The van der Waals surface area contributed by atoms with Gasteiger partial charge < -0.3 is 10.3 Å². The number of anilines is 1. The van der Waals surface area contributed by atoms with Crippen molar-refractivity contribution in [3.8, 4) is 11.4 Å². The number of benzene rings is 1. The molecule has 1 aliphatic carbocycles. The van der Waals surface area contributed by atoms with Crippen LogP contribution < -0.4 is 16.9 Å². The second-order valence-electron chi connectivity index (χ2n) is 9.74. The van der Waals surface area contributed by atoms with Crippen LogP contribution in [-0.4, -0.2) is 23.7 Å². The molecule has 0 radical (unpaired) electrons. The third-order valence-electron chi connectivity index (χ3n) is 6.52. The monoisotopic (exact) mass is 650 g/mol. The van der Waals surface area contributed by atoms with E-state index >= 15 is 0 Å². The van der Waals surface area contributed by atoms with Crippen molar-refractivity contribution in [2.75, 3.05) is 5.73 Å². The third kappa shape index (κ3) is 8.33. The molecule has 3 aromatic heterocycles. The Morgan fingerprint density at radius 1 is 0.841 bits per heavy atom. The molecule has 1 fully saturated rings. The first-order valence-electron chi connectivity index (χ1n) is 13.0. The van der Waals surface area contributed by atoms with Gasteiger partial charge in [-0.05, 0) is 30.0 Å². The highest BCUT2D eigenvalue weighted by Crippen LogP contribution is 2.31. The molecule has 8 nitrogen and oxygen atoms in total. The van der Waals surface area contributed by atoms with E-state index < -0.39 is 52.9 Å². The molecule has 4 aromatic rings. The van der Waals surface area contributed by atoms with Gasteiger partial charge in [0.1, 0.15) is 11.4 Å². The molecule has 0 bridgehead atoms. The number of aryl methyl sites for hydroxylation is 2. The summed E-state index contributed by atoms with van der Waals surface area (Å²) in [6.45, 7) is 1.75. The Bertz CT molecular complexity index is 1700. The summed E-state index contributed by atoms with van der Waals surface area (Å²) in [7, 11) is 1.56. The number of fused-ring (bicyclic) bond motifs is 1. The van der Waals surface area contributed by atoms with Gasteiger partial charge in [-0.25, -0.2) is 14.4 Å². The van der Waals surface area contributed by atoms with E-state index in [2.05, 4.69) is 15.1 Å². The van der Waals surface area contributed by atoms with E-state index in [9.17, 15) is 44.2 Å². The van der Waals surface area contributed by atoms with Gasteiger partial charge >= 0.3 is 12.4 Å². The van der Waals surface area contributed by atoms with Gasteiger partial charge in [0.25, 0.3) is 11.1 Å². The maximum Gasteiger partial charge on any atom is 0.423 e. The van der Waals surface area contributed by atoms with E-state index in [0.717, 1.165) is 11.6 Å². The highest BCUT2D eigenvalue weighted by molar-refractivity contribution is 7.92. The molecule has 2 N–H and O–H groups in total. The molecule has 0 unspecified atom stereocenters. The van der Waals surface area contributed by atoms with Crippen LogP contribution in [0.25, 0.3) is 22.2 Å². The zero-order valence-electron chi connectivity index (χ0n) is 23.3. The zero-order valence-corrected chi connectivity index (χ0v) is 24.1. The maximum atomic E-state index is 14.3. The second-order valence-corrected chi connectivity index (χ2v) is 10.2. The van der Waals surface area contributed by atoms with Crippen LogP contribution in [-0.2, 0) is 19.4 Å². The Morgan fingerprint density at radius 2 is 1.39 bits per heavy atom. The van der Waals surface area contributed by atoms with Crippen LogP contribution in [0.1, 0.15) is 55.2 Å². The van der Waals surface area contributed by atoms with Crippen LogP contribution >= 0.6 is 12.3 Å². The Hall–Kier alpha value is -4.02. The van der Waals surface area contributed by atoms with E-state index in [0.29, 0.717) is 24.0 Å². The summed E-state index contributed by atoms with van der Waals surface area (Å²) in [6, 6.07) is 2.44. The molecule has 5 rings (SSSR count). The van der Waals surface area contributed by atoms with E-state index in [4.69, 9.17) is 5.73 Å². The molecule has 1 aliphatic rings. The third-order valence-corrected chi connectivity index (χ3v) is 6.91. The van der Waals surface area contributed by atoms with E-state index in [1.807, 2.05) is 0 Å². The van der Waals surface area contributed by atoms with Crippen molar-refractivity contribution < 1.29 is 34.6 Å². The molecule has 1 aromatic carbocycles. The number of nitrogens with zero attached hydrogens (tertiary/aromatic N) is 5. The smallest absolute Gasteiger partial charge is 0.397 e. The lowest BCUT2D eigenvalue weighted by Gasteiger charge is -2.10. The summed E-state index contributed by atoms with van der Waals surface area (Å²) in [6.07, 6.45) is 2.88. The predicted molar refractivity (Wildman–Crippen MR) is 150 cm³/mol. The van der Waals surface area contributed by atoms with Gasteiger partial charge in [-0.2, -0.15) is 31.4 Å². The lowest BCUT2D eigenvalue weighted by molar-refractivity contribution is -0.139. The first-order valence-corrected chi connectivity index (χ1v) is 13.7. The molecular weight excluding hydrogens is 624 g/mol. The Morgan fingerprint density at radius 3 is 1.86 bits per heavy atom. The Kier molecular flexibility index (Phi) is 11.1. The van der Waals surface area contributed by atoms with Gasteiger partial charge in [0.15, 0.2) is 18.2 Å². The molecule has 238 valence electrons. The number of aromatic nitrogens is 5. The number of halogens is 8. The van der Waals surface area contributed by atoms with Crippen molar-refractivity contribution in [3.63, 3.8) is 0 Å². The maximum absolute atomic E-state index is 14.3. The number of pyridine rings is 1. The number of nitrogen functional groups attached to an aromatic ring is 1. The van der Waals surface area contributed by atoms with Crippen LogP contribution in [0.3, 0.4) is 0 Å². The van der Waals surface area contributed by atoms with Crippen LogP contribution in [0.4, 0.5) is 40.3 Å². The van der Waals surface area contributed by atoms with Crippen molar-refractivity contribution in [3.05, 3.63) is 80.1 Å². The van der Waals surface area contributed by atoms with Crippen molar-refractivity contribution >= 4 is 28.8 Å². The molecule has 1 saturated carbocycles. The second kappa shape index (κ2) is 14.2. The van der Waals surface area contributed by atoms with Crippen LogP contribution in [0.2, 0.25) is 0 Å². The minimum atomic E-state index is -4.92. The Balaban J connectivity index is 0.000000221. The molecule has 0 spiro atoms. The van der Waals surface area contributed by atoms with Gasteiger partial charge in [0.2, 0.25) is 0 Å². The fourth-order valence-corrected chi connectivity index (χ4v) is 4.55. The summed E-state index contributed by atoms with van der Waals surface area (Å²) in [4.78, 5) is 30.2. The number of hydrogen-bond donors (Lipinski definition) is 1. The average molecular weight is 651 g/mol. The summed E-state index contributed by atoms with van der Waals surface area (Å²) in [5.41, 5.74) is 0.121. The van der Waals surface area contributed by atoms with E-state index in [-0.39, 0.29) is 26.4 Å². The highest BCUT2D eigenvalue weighted by Gasteiger charge is 2.37. The molecule has 0 aliphatic heterocycles. The first-order chi connectivity index (χ1) is 20.6. The minimum absolute atomic E-state index is 0.0425. The molecular formula is C27H26F8N6O2S. The Labute approximate surface area is 249 Å². The van der Waals surface area contributed by atoms with Crippen LogP contribution in [0, 0.1) is 12.7 Å². The largest absolute Gasteiger partial charge is 0.423 e. The van der Waals surface area contributed by atoms with E-state index in [1.165, 1.54) is 49.2 Å². The molecule has 0 saturated heterocycles. The summed E-state index contributed by atoms with van der Waals surface area (Å²) >= 11 is -0.728. The number of hydrogen-bond acceptors (Lipinski definition) is 7.